The molecule has 2 aromatic carbocycles. The largest absolute Gasteiger partial charge is 0.497 e. The Morgan fingerprint density at radius 2 is 2.00 bits per heavy atom. The quantitative estimate of drug-likeness (QED) is 0.223. The van der Waals surface area contributed by atoms with Gasteiger partial charge in [-0.25, -0.2) is 9.79 Å². The molecule has 0 aliphatic carbocycles. The summed E-state index contributed by atoms with van der Waals surface area (Å²) in [6.45, 7) is 5.41. The number of hydrogen-bond acceptors (Lipinski definition) is 7. The fourth-order valence-corrected chi connectivity index (χ4v) is 5.68. The van der Waals surface area contributed by atoms with Crippen molar-refractivity contribution in [3.8, 4) is 17.1 Å². The van der Waals surface area contributed by atoms with Gasteiger partial charge in [-0.1, -0.05) is 64.2 Å². The number of esters is 1. The summed E-state index contributed by atoms with van der Waals surface area (Å²) >= 11 is 4.72. The summed E-state index contributed by atoms with van der Waals surface area (Å²) in [6.07, 6.45) is 3.20. The lowest BCUT2D eigenvalue weighted by atomic mass is 9.96. The van der Waals surface area contributed by atoms with Crippen LogP contribution in [0.3, 0.4) is 0 Å². The Labute approximate surface area is 230 Å². The van der Waals surface area contributed by atoms with E-state index in [1.807, 2.05) is 48.5 Å². The van der Waals surface area contributed by atoms with Gasteiger partial charge in [-0.3, -0.25) is 9.36 Å². The van der Waals surface area contributed by atoms with Gasteiger partial charge in [-0.2, -0.15) is 0 Å². The van der Waals surface area contributed by atoms with Gasteiger partial charge in [0.2, 0.25) is 0 Å². The summed E-state index contributed by atoms with van der Waals surface area (Å²) in [5.74, 6) is 1.33. The summed E-state index contributed by atoms with van der Waals surface area (Å²) in [4.78, 5) is 31.9. The normalized spacial score (nSPS) is 15.1. The molecule has 0 bridgehead atoms. The predicted molar refractivity (Wildman–Crippen MR) is 150 cm³/mol. The molecular formula is C29H23BrN2O5S. The van der Waals surface area contributed by atoms with E-state index < -0.39 is 12.0 Å². The lowest BCUT2D eigenvalue weighted by Gasteiger charge is -2.24. The molecule has 3 heterocycles. The zero-order valence-corrected chi connectivity index (χ0v) is 23.0. The van der Waals surface area contributed by atoms with E-state index in [4.69, 9.17) is 13.9 Å². The minimum absolute atomic E-state index is 0.0498. The smallest absolute Gasteiger partial charge is 0.338 e. The van der Waals surface area contributed by atoms with Gasteiger partial charge >= 0.3 is 5.97 Å². The highest BCUT2D eigenvalue weighted by Gasteiger charge is 2.33. The molecule has 0 saturated carbocycles. The Hall–Kier alpha value is -3.95. The molecule has 5 rings (SSSR count). The van der Waals surface area contributed by atoms with Crippen LogP contribution >= 0.6 is 27.3 Å². The van der Waals surface area contributed by atoms with Gasteiger partial charge in [0, 0.05) is 16.1 Å². The van der Waals surface area contributed by atoms with Crippen LogP contribution in [0.1, 0.15) is 24.3 Å². The van der Waals surface area contributed by atoms with Gasteiger partial charge in [-0.05, 0) is 48.9 Å². The fourth-order valence-electron chi connectivity index (χ4n) is 4.25. The first-order chi connectivity index (χ1) is 18.4. The van der Waals surface area contributed by atoms with Crippen molar-refractivity contribution < 1.29 is 18.7 Å². The minimum Gasteiger partial charge on any atom is -0.497 e. The van der Waals surface area contributed by atoms with Crippen molar-refractivity contribution in [2.45, 2.75) is 13.0 Å². The number of furan rings is 1. The number of ether oxygens (including phenoxy) is 2. The number of fused-ring (bicyclic) bond motifs is 1. The Morgan fingerprint density at radius 1 is 1.21 bits per heavy atom. The second kappa shape index (κ2) is 10.8. The molecule has 1 atom stereocenters. The standard InChI is InChI=1S/C29H23BrN2O5S/c1-4-14-36-28(34)25-17(2)31-29-32(26(25)18-8-10-21(35-3)11-9-18)27(33)24(38-29)16-22-12-13-23(37-22)19-6-5-7-20(30)15-19/h4-13,15-16,26H,1,14H2,2-3H3/b24-16-/t26-/m0/s1. The van der Waals surface area contributed by atoms with Crippen molar-refractivity contribution >= 4 is 39.3 Å². The number of halogens is 1. The summed E-state index contributed by atoms with van der Waals surface area (Å²) < 4.78 is 19.6. The number of thiazole rings is 1. The van der Waals surface area contributed by atoms with E-state index in [1.54, 1.807) is 32.2 Å². The fraction of sp³-hybridized carbons (Fsp3) is 0.138. The van der Waals surface area contributed by atoms with Crippen molar-refractivity contribution in [1.29, 1.82) is 0 Å². The first-order valence-corrected chi connectivity index (χ1v) is 13.3. The van der Waals surface area contributed by atoms with Crippen molar-refractivity contribution in [2.24, 2.45) is 4.99 Å². The van der Waals surface area contributed by atoms with Crippen molar-refractivity contribution in [3.63, 3.8) is 0 Å². The Bertz CT molecular complexity index is 1740. The Morgan fingerprint density at radius 3 is 2.71 bits per heavy atom. The second-order valence-corrected chi connectivity index (χ2v) is 10.4. The maximum atomic E-state index is 13.8. The Balaban J connectivity index is 1.62. The third kappa shape index (κ3) is 4.94. The molecule has 1 aliphatic rings. The number of carbonyl (C=O) groups excluding carboxylic acids is 1. The number of nitrogens with zero attached hydrogens (tertiary/aromatic N) is 2. The number of allylic oxidation sites excluding steroid dienone is 1. The van der Waals surface area contributed by atoms with Crippen molar-refractivity contribution in [3.05, 3.63) is 120 Å². The van der Waals surface area contributed by atoms with Crippen LogP contribution in [-0.2, 0) is 9.53 Å². The van der Waals surface area contributed by atoms with Crippen molar-refractivity contribution in [1.82, 2.24) is 4.57 Å². The minimum atomic E-state index is -0.717. The van der Waals surface area contributed by atoms with Crippen LogP contribution < -0.4 is 19.6 Å². The highest BCUT2D eigenvalue weighted by atomic mass is 79.9. The molecule has 192 valence electrons. The topological polar surface area (TPSA) is 83.0 Å². The van der Waals surface area contributed by atoms with Gasteiger partial charge in [0.1, 0.15) is 23.9 Å². The molecule has 9 heteroatoms. The van der Waals surface area contributed by atoms with Crippen LogP contribution in [0.15, 0.2) is 103 Å². The molecule has 0 spiro atoms. The van der Waals surface area contributed by atoms with E-state index in [0.29, 0.717) is 37.9 Å². The summed E-state index contributed by atoms with van der Waals surface area (Å²) in [5.41, 5.74) is 2.15. The van der Waals surface area contributed by atoms with Crippen LogP contribution in [-0.4, -0.2) is 24.3 Å². The van der Waals surface area contributed by atoms with Crippen LogP contribution in [0.4, 0.5) is 0 Å². The van der Waals surface area contributed by atoms with Crippen LogP contribution in [0.2, 0.25) is 0 Å². The zero-order chi connectivity index (χ0) is 26.8. The third-order valence-corrected chi connectivity index (χ3v) is 7.49. The average molecular weight is 591 g/mol. The number of hydrogen-bond donors (Lipinski definition) is 0. The van der Waals surface area contributed by atoms with Crippen LogP contribution in [0, 0.1) is 0 Å². The van der Waals surface area contributed by atoms with Crippen molar-refractivity contribution in [2.75, 3.05) is 13.7 Å². The summed E-state index contributed by atoms with van der Waals surface area (Å²) in [7, 11) is 1.58. The Kier molecular flexibility index (Phi) is 7.31. The molecule has 0 unspecified atom stereocenters. The molecule has 0 saturated heterocycles. The molecule has 0 radical (unpaired) electrons. The van der Waals surface area contributed by atoms with E-state index in [-0.39, 0.29) is 12.2 Å². The molecule has 38 heavy (non-hydrogen) atoms. The average Bonchev–Trinajstić information content (AvgIpc) is 3.51. The van der Waals surface area contributed by atoms with Gasteiger partial charge in [0.05, 0.1) is 29.0 Å². The second-order valence-electron chi connectivity index (χ2n) is 8.45. The first kappa shape index (κ1) is 25.7. The van der Waals surface area contributed by atoms with Gasteiger partial charge in [0.25, 0.3) is 5.56 Å². The summed E-state index contributed by atoms with van der Waals surface area (Å²) in [5, 5.41) is 0. The number of carbonyl (C=O) groups is 1. The third-order valence-electron chi connectivity index (χ3n) is 6.01. The highest BCUT2D eigenvalue weighted by Crippen LogP contribution is 2.32. The van der Waals surface area contributed by atoms with E-state index in [1.165, 1.54) is 22.0 Å². The number of methoxy groups -OCH3 is 1. The lowest BCUT2D eigenvalue weighted by molar-refractivity contribution is -0.138. The van der Waals surface area contributed by atoms with Gasteiger partial charge < -0.3 is 13.9 Å². The molecule has 2 aromatic heterocycles. The lowest BCUT2D eigenvalue weighted by Crippen LogP contribution is -2.39. The maximum absolute atomic E-state index is 13.8. The van der Waals surface area contributed by atoms with E-state index in [0.717, 1.165) is 15.6 Å². The zero-order valence-electron chi connectivity index (χ0n) is 20.6. The number of aromatic nitrogens is 1. The SMILES string of the molecule is C=CCOC(=O)C1=C(C)N=c2s/c(=C\c3ccc(-c4cccc(Br)c4)o3)c(=O)n2[C@H]1c1ccc(OC)cc1. The van der Waals surface area contributed by atoms with Crippen LogP contribution in [0.25, 0.3) is 17.4 Å². The van der Waals surface area contributed by atoms with E-state index >= 15 is 0 Å². The molecule has 7 nitrogen and oxygen atoms in total. The molecule has 0 N–H and O–H groups in total. The monoisotopic (exact) mass is 590 g/mol. The van der Waals surface area contributed by atoms with Gasteiger partial charge in [-0.15, -0.1) is 0 Å². The summed E-state index contributed by atoms with van der Waals surface area (Å²) in [6, 6.07) is 18.0. The molecule has 4 aromatic rings. The van der Waals surface area contributed by atoms with Crippen LogP contribution in [0.5, 0.6) is 5.75 Å². The number of rotatable bonds is 7. The maximum Gasteiger partial charge on any atom is 0.338 e. The molecule has 1 aliphatic heterocycles. The first-order valence-electron chi connectivity index (χ1n) is 11.7. The highest BCUT2D eigenvalue weighted by molar-refractivity contribution is 9.10. The van der Waals surface area contributed by atoms with Gasteiger partial charge in [0.15, 0.2) is 4.80 Å². The molecular weight excluding hydrogens is 568 g/mol. The number of benzene rings is 2. The van der Waals surface area contributed by atoms with E-state index in [9.17, 15) is 9.59 Å². The molecule has 0 amide bonds. The molecule has 0 fully saturated rings. The predicted octanol–water partition coefficient (Wildman–Crippen LogP) is 5.00. The van der Waals surface area contributed by atoms with E-state index in [2.05, 4.69) is 27.5 Å².